The molecule has 4 nitrogen and oxygen atoms in total. The van der Waals surface area contributed by atoms with E-state index >= 15 is 0 Å². The summed E-state index contributed by atoms with van der Waals surface area (Å²) in [4.78, 5) is 23.6. The van der Waals surface area contributed by atoms with Gasteiger partial charge in [0.25, 0.3) is 11.8 Å². The minimum atomic E-state index is -0.524. The summed E-state index contributed by atoms with van der Waals surface area (Å²) in [6.07, 6.45) is 2.98. The number of nitrogens with one attached hydrogen (secondary N) is 2. The first-order valence-electron chi connectivity index (χ1n) is 6.76. The molecule has 118 valence electrons. The van der Waals surface area contributed by atoms with Crippen LogP contribution in [0.2, 0.25) is 10.0 Å². The molecule has 2 rings (SSSR count). The van der Waals surface area contributed by atoms with Gasteiger partial charge in [-0.2, -0.15) is 0 Å². The van der Waals surface area contributed by atoms with Crippen molar-refractivity contribution < 1.29 is 9.59 Å². The van der Waals surface area contributed by atoms with Crippen molar-refractivity contribution in [2.45, 2.75) is 6.92 Å². The molecule has 0 heterocycles. The highest BCUT2D eigenvalue weighted by Crippen LogP contribution is 2.20. The van der Waals surface area contributed by atoms with Crippen LogP contribution in [-0.4, -0.2) is 11.8 Å². The van der Waals surface area contributed by atoms with Gasteiger partial charge in [-0.05, 0) is 36.8 Å². The van der Waals surface area contributed by atoms with Crippen LogP contribution in [0.15, 0.2) is 48.5 Å². The molecule has 0 unspecified atom stereocenters. The van der Waals surface area contributed by atoms with E-state index in [0.717, 1.165) is 11.1 Å². The molecule has 0 fully saturated rings. The number of halogens is 2. The summed E-state index contributed by atoms with van der Waals surface area (Å²) < 4.78 is 0. The topological polar surface area (TPSA) is 58.2 Å². The second kappa shape index (κ2) is 7.81. The van der Waals surface area contributed by atoms with Crippen LogP contribution in [0, 0.1) is 6.92 Å². The van der Waals surface area contributed by atoms with Gasteiger partial charge in [0.1, 0.15) is 0 Å². The highest BCUT2D eigenvalue weighted by molar-refractivity contribution is 6.36. The molecular weight excluding hydrogens is 335 g/mol. The number of hydrazine groups is 1. The van der Waals surface area contributed by atoms with E-state index in [0.29, 0.717) is 5.02 Å². The van der Waals surface area contributed by atoms with E-state index in [2.05, 4.69) is 10.9 Å². The van der Waals surface area contributed by atoms with Crippen molar-refractivity contribution in [3.05, 3.63) is 75.3 Å². The lowest BCUT2D eigenvalue weighted by Gasteiger charge is -2.07. The lowest BCUT2D eigenvalue weighted by molar-refractivity contribution is -0.117. The summed E-state index contributed by atoms with van der Waals surface area (Å²) in [5.74, 6) is -0.979. The summed E-state index contributed by atoms with van der Waals surface area (Å²) in [7, 11) is 0. The average molecular weight is 349 g/mol. The second-order valence-corrected chi connectivity index (χ2v) is 5.66. The molecule has 0 saturated heterocycles. The van der Waals surface area contributed by atoms with Gasteiger partial charge in [-0.3, -0.25) is 20.4 Å². The fraction of sp³-hybridized carbons (Fsp3) is 0.0588. The number of carbonyl (C=O) groups is 2. The Morgan fingerprint density at radius 3 is 2.35 bits per heavy atom. The van der Waals surface area contributed by atoms with Crippen molar-refractivity contribution in [1.82, 2.24) is 10.9 Å². The van der Waals surface area contributed by atoms with Crippen molar-refractivity contribution in [2.24, 2.45) is 0 Å². The van der Waals surface area contributed by atoms with E-state index < -0.39 is 11.8 Å². The summed E-state index contributed by atoms with van der Waals surface area (Å²) in [5.41, 5.74) is 6.82. The number of hydrogen-bond acceptors (Lipinski definition) is 2. The molecular formula is C17H14Cl2N2O2. The number of rotatable bonds is 3. The van der Waals surface area contributed by atoms with E-state index in [1.165, 1.54) is 18.2 Å². The Morgan fingerprint density at radius 1 is 1.00 bits per heavy atom. The molecule has 0 spiro atoms. The smallest absolute Gasteiger partial charge is 0.268 e. The van der Waals surface area contributed by atoms with E-state index in [-0.39, 0.29) is 10.6 Å². The fourth-order valence-electron chi connectivity index (χ4n) is 1.75. The van der Waals surface area contributed by atoms with Gasteiger partial charge in [0, 0.05) is 11.1 Å². The monoisotopic (exact) mass is 348 g/mol. The van der Waals surface area contributed by atoms with Crippen molar-refractivity contribution in [3.8, 4) is 0 Å². The van der Waals surface area contributed by atoms with E-state index in [1.807, 2.05) is 31.2 Å². The molecule has 23 heavy (non-hydrogen) atoms. The number of hydrogen-bond donors (Lipinski definition) is 2. The predicted molar refractivity (Wildman–Crippen MR) is 92.3 cm³/mol. The van der Waals surface area contributed by atoms with Gasteiger partial charge in [0.15, 0.2) is 0 Å². The first kappa shape index (κ1) is 17.1. The maximum Gasteiger partial charge on any atom is 0.271 e. The molecule has 0 aliphatic rings. The number of aryl methyl sites for hydroxylation is 1. The zero-order valence-electron chi connectivity index (χ0n) is 12.3. The second-order valence-electron chi connectivity index (χ2n) is 4.81. The average Bonchev–Trinajstić information content (AvgIpc) is 2.52. The molecule has 0 atom stereocenters. The predicted octanol–water partition coefficient (Wildman–Crippen LogP) is 3.78. The Balaban J connectivity index is 1.91. The standard InChI is InChI=1S/C17H14Cl2N2O2/c1-11-2-4-12(5-3-11)6-9-16(22)20-21-17(23)14-8-7-13(18)10-15(14)19/h2-10H,1H3,(H,20,22)(H,21,23)/b9-6+. The molecule has 2 N–H and O–H groups in total. The SMILES string of the molecule is Cc1ccc(/C=C/C(=O)NNC(=O)c2ccc(Cl)cc2Cl)cc1. The molecule has 0 aliphatic carbocycles. The van der Waals surface area contributed by atoms with Gasteiger partial charge in [-0.1, -0.05) is 53.0 Å². The molecule has 6 heteroatoms. The summed E-state index contributed by atoms with van der Waals surface area (Å²) in [5, 5.41) is 0.635. The quantitative estimate of drug-likeness (QED) is 0.655. The van der Waals surface area contributed by atoms with Crippen LogP contribution < -0.4 is 10.9 Å². The van der Waals surface area contributed by atoms with Gasteiger partial charge in [0.05, 0.1) is 10.6 Å². The van der Waals surface area contributed by atoms with E-state index in [4.69, 9.17) is 23.2 Å². The van der Waals surface area contributed by atoms with Gasteiger partial charge in [0.2, 0.25) is 0 Å². The lowest BCUT2D eigenvalue weighted by Crippen LogP contribution is -2.40. The minimum absolute atomic E-state index is 0.208. The fourth-order valence-corrected chi connectivity index (χ4v) is 2.24. The first-order chi connectivity index (χ1) is 11.0. The Labute approximate surface area is 144 Å². The maximum atomic E-state index is 11.9. The summed E-state index contributed by atoms with van der Waals surface area (Å²) in [6, 6.07) is 12.2. The summed E-state index contributed by atoms with van der Waals surface area (Å²) in [6.45, 7) is 1.98. The summed E-state index contributed by atoms with van der Waals surface area (Å²) >= 11 is 11.7. The normalized spacial score (nSPS) is 10.6. The molecule has 0 bridgehead atoms. The van der Waals surface area contributed by atoms with Gasteiger partial charge < -0.3 is 0 Å². The largest absolute Gasteiger partial charge is 0.271 e. The molecule has 0 radical (unpaired) electrons. The minimum Gasteiger partial charge on any atom is -0.268 e. The first-order valence-corrected chi connectivity index (χ1v) is 7.51. The van der Waals surface area contributed by atoms with Crippen LogP contribution in [-0.2, 0) is 4.79 Å². The van der Waals surface area contributed by atoms with Crippen LogP contribution in [0.5, 0.6) is 0 Å². The van der Waals surface area contributed by atoms with Crippen molar-refractivity contribution in [3.63, 3.8) is 0 Å². The maximum absolute atomic E-state index is 11.9. The van der Waals surface area contributed by atoms with E-state index in [9.17, 15) is 9.59 Å². The van der Waals surface area contributed by atoms with Crippen molar-refractivity contribution in [1.29, 1.82) is 0 Å². The number of benzene rings is 2. The Morgan fingerprint density at radius 2 is 1.70 bits per heavy atom. The van der Waals surface area contributed by atoms with Crippen LogP contribution in [0.3, 0.4) is 0 Å². The third-order valence-electron chi connectivity index (χ3n) is 2.98. The molecule has 0 aliphatic heterocycles. The Hall–Kier alpha value is -2.30. The number of amides is 2. The van der Waals surface area contributed by atoms with Gasteiger partial charge >= 0.3 is 0 Å². The Bertz CT molecular complexity index is 756. The van der Waals surface area contributed by atoms with Crippen LogP contribution in [0.4, 0.5) is 0 Å². The molecule has 2 aromatic rings. The van der Waals surface area contributed by atoms with Crippen LogP contribution in [0.1, 0.15) is 21.5 Å². The zero-order valence-corrected chi connectivity index (χ0v) is 13.8. The van der Waals surface area contributed by atoms with Crippen molar-refractivity contribution in [2.75, 3.05) is 0 Å². The zero-order chi connectivity index (χ0) is 16.8. The molecule has 2 aromatic carbocycles. The van der Waals surface area contributed by atoms with Gasteiger partial charge in [-0.25, -0.2) is 0 Å². The van der Waals surface area contributed by atoms with Crippen LogP contribution >= 0.6 is 23.2 Å². The highest BCUT2D eigenvalue weighted by Gasteiger charge is 2.10. The van der Waals surface area contributed by atoms with Crippen molar-refractivity contribution >= 4 is 41.1 Å². The van der Waals surface area contributed by atoms with E-state index in [1.54, 1.807) is 12.1 Å². The Kier molecular flexibility index (Phi) is 5.79. The molecule has 0 aromatic heterocycles. The molecule has 2 amide bonds. The van der Waals surface area contributed by atoms with Gasteiger partial charge in [-0.15, -0.1) is 0 Å². The number of carbonyl (C=O) groups excluding carboxylic acids is 2. The highest BCUT2D eigenvalue weighted by atomic mass is 35.5. The third kappa shape index (κ3) is 5.13. The third-order valence-corrected chi connectivity index (χ3v) is 3.53. The molecule has 0 saturated carbocycles. The lowest BCUT2D eigenvalue weighted by atomic mass is 10.1. The van der Waals surface area contributed by atoms with Crippen LogP contribution in [0.25, 0.3) is 6.08 Å².